The summed E-state index contributed by atoms with van der Waals surface area (Å²) in [5, 5.41) is 16.6. The van der Waals surface area contributed by atoms with Crippen molar-refractivity contribution in [1.82, 2.24) is 0 Å². The van der Waals surface area contributed by atoms with Crippen molar-refractivity contribution < 1.29 is 15.0 Å². The number of carboxylic acid groups (broad SMARTS) is 1. The summed E-state index contributed by atoms with van der Waals surface area (Å²) in [5.41, 5.74) is 0. The molecule has 1 saturated carbocycles. The van der Waals surface area contributed by atoms with Gasteiger partial charge in [-0.15, -0.1) is 0 Å². The first-order valence-corrected chi connectivity index (χ1v) is 2.59. The van der Waals surface area contributed by atoms with E-state index in [4.69, 9.17) is 10.2 Å². The molecule has 2 atom stereocenters. The molecule has 0 radical (unpaired) electrons. The minimum absolute atomic E-state index is 0.0248. The quantitative estimate of drug-likeness (QED) is 0.520. The van der Waals surface area contributed by atoms with Crippen molar-refractivity contribution in [2.45, 2.75) is 6.42 Å². The maximum atomic E-state index is 10.0. The van der Waals surface area contributed by atoms with E-state index in [0.29, 0.717) is 6.42 Å². The highest BCUT2D eigenvalue weighted by Gasteiger charge is 2.42. The smallest absolute Gasteiger partial charge is 0.306 e. The van der Waals surface area contributed by atoms with Gasteiger partial charge >= 0.3 is 5.97 Å². The van der Waals surface area contributed by atoms with Crippen LogP contribution in [-0.2, 0) is 4.79 Å². The molecule has 0 amide bonds. The molecule has 0 aromatic rings. The van der Waals surface area contributed by atoms with Crippen LogP contribution >= 0.6 is 0 Å². The van der Waals surface area contributed by atoms with E-state index in [1.165, 1.54) is 0 Å². The Hall–Kier alpha value is -0.570. The number of carbonyl (C=O) groups is 1. The van der Waals surface area contributed by atoms with E-state index in [-0.39, 0.29) is 18.4 Å². The third kappa shape index (κ3) is 0.816. The molecule has 0 saturated heterocycles. The van der Waals surface area contributed by atoms with Gasteiger partial charge in [-0.3, -0.25) is 4.79 Å². The Morgan fingerprint density at radius 3 is 2.50 bits per heavy atom. The SMILES string of the molecule is O=C(O)C1C[C@@H]1CO. The van der Waals surface area contributed by atoms with Crippen LogP contribution in [0.1, 0.15) is 6.42 Å². The Morgan fingerprint density at radius 1 is 1.75 bits per heavy atom. The molecule has 2 N–H and O–H groups in total. The summed E-state index contributed by atoms with van der Waals surface area (Å²) in [5.74, 6) is -0.975. The van der Waals surface area contributed by atoms with Gasteiger partial charge in [0.25, 0.3) is 0 Å². The molecule has 0 aromatic carbocycles. The highest BCUT2D eigenvalue weighted by molar-refractivity contribution is 5.73. The van der Waals surface area contributed by atoms with E-state index in [1.807, 2.05) is 0 Å². The Bertz CT molecular complexity index is 110. The second-order valence-corrected chi connectivity index (χ2v) is 2.12. The van der Waals surface area contributed by atoms with Gasteiger partial charge in [-0.05, 0) is 12.3 Å². The summed E-state index contributed by atoms with van der Waals surface area (Å²) >= 11 is 0. The lowest BCUT2D eigenvalue weighted by Crippen LogP contribution is -2.00. The van der Waals surface area contributed by atoms with Crippen molar-refractivity contribution in [3.63, 3.8) is 0 Å². The van der Waals surface area contributed by atoms with Gasteiger partial charge in [-0.2, -0.15) is 0 Å². The highest BCUT2D eigenvalue weighted by atomic mass is 16.4. The number of aliphatic hydroxyl groups is 1. The predicted octanol–water partition coefficient (Wildman–Crippen LogP) is -0.301. The van der Waals surface area contributed by atoms with Crippen molar-refractivity contribution in [2.24, 2.45) is 11.8 Å². The highest BCUT2D eigenvalue weighted by Crippen LogP contribution is 2.37. The van der Waals surface area contributed by atoms with Gasteiger partial charge in [0.2, 0.25) is 0 Å². The fraction of sp³-hybridized carbons (Fsp3) is 0.800. The topological polar surface area (TPSA) is 57.5 Å². The molecular weight excluding hydrogens is 108 g/mol. The zero-order chi connectivity index (χ0) is 6.15. The molecule has 3 nitrogen and oxygen atoms in total. The first-order chi connectivity index (χ1) is 3.75. The van der Waals surface area contributed by atoms with Crippen LogP contribution in [0.2, 0.25) is 0 Å². The summed E-state index contributed by atoms with van der Waals surface area (Å²) in [6, 6.07) is 0. The van der Waals surface area contributed by atoms with Gasteiger partial charge in [0, 0.05) is 6.61 Å². The lowest BCUT2D eigenvalue weighted by Gasteiger charge is -1.84. The maximum absolute atomic E-state index is 10.0. The summed E-state index contributed by atoms with van der Waals surface area (Å²) in [7, 11) is 0. The van der Waals surface area contributed by atoms with Crippen molar-refractivity contribution in [3.8, 4) is 0 Å². The third-order valence-electron chi connectivity index (χ3n) is 1.47. The zero-order valence-electron chi connectivity index (χ0n) is 4.37. The molecule has 0 spiro atoms. The molecule has 1 rings (SSSR count). The third-order valence-corrected chi connectivity index (χ3v) is 1.47. The zero-order valence-corrected chi connectivity index (χ0v) is 4.37. The Kier molecular flexibility index (Phi) is 1.21. The first-order valence-electron chi connectivity index (χ1n) is 2.59. The van der Waals surface area contributed by atoms with Gasteiger partial charge in [0.15, 0.2) is 0 Å². The molecule has 0 heterocycles. The number of hydrogen-bond acceptors (Lipinski definition) is 2. The van der Waals surface area contributed by atoms with Crippen molar-refractivity contribution in [1.29, 1.82) is 0 Å². The number of carboxylic acids is 1. The molecule has 1 aliphatic rings. The summed E-state index contributed by atoms with van der Waals surface area (Å²) in [6.45, 7) is 0.0248. The second-order valence-electron chi connectivity index (χ2n) is 2.12. The van der Waals surface area contributed by atoms with Crippen molar-refractivity contribution in [3.05, 3.63) is 0 Å². The fourth-order valence-corrected chi connectivity index (χ4v) is 0.752. The van der Waals surface area contributed by atoms with E-state index in [9.17, 15) is 4.79 Å². The number of hydrogen-bond donors (Lipinski definition) is 2. The summed E-state index contributed by atoms with van der Waals surface area (Å²) in [4.78, 5) is 10.0. The number of aliphatic carboxylic acids is 1. The number of aliphatic hydroxyl groups excluding tert-OH is 1. The van der Waals surface area contributed by atoms with Crippen LogP contribution in [0.3, 0.4) is 0 Å². The Morgan fingerprint density at radius 2 is 2.38 bits per heavy atom. The molecule has 0 bridgehead atoms. The molecule has 3 heteroatoms. The van der Waals surface area contributed by atoms with Gasteiger partial charge in [0.1, 0.15) is 0 Å². The van der Waals surface area contributed by atoms with Crippen LogP contribution in [0.4, 0.5) is 0 Å². The molecule has 46 valence electrons. The van der Waals surface area contributed by atoms with Gasteiger partial charge in [0.05, 0.1) is 5.92 Å². The second kappa shape index (κ2) is 1.74. The Labute approximate surface area is 46.9 Å². The van der Waals surface area contributed by atoms with E-state index < -0.39 is 5.97 Å². The van der Waals surface area contributed by atoms with E-state index in [0.717, 1.165) is 0 Å². The molecule has 1 unspecified atom stereocenters. The lowest BCUT2D eigenvalue weighted by atomic mass is 10.3. The minimum Gasteiger partial charge on any atom is -0.481 e. The van der Waals surface area contributed by atoms with Crippen LogP contribution in [0.5, 0.6) is 0 Å². The minimum atomic E-state index is -0.774. The molecule has 1 fully saturated rings. The number of rotatable bonds is 2. The fourth-order valence-electron chi connectivity index (χ4n) is 0.752. The average molecular weight is 116 g/mol. The Balaban J connectivity index is 2.26. The largest absolute Gasteiger partial charge is 0.481 e. The van der Waals surface area contributed by atoms with Crippen LogP contribution in [0, 0.1) is 11.8 Å². The molecule has 0 aliphatic heterocycles. The van der Waals surface area contributed by atoms with Crippen LogP contribution < -0.4 is 0 Å². The van der Waals surface area contributed by atoms with Crippen LogP contribution in [0.15, 0.2) is 0 Å². The molecule has 0 aromatic heterocycles. The maximum Gasteiger partial charge on any atom is 0.306 e. The monoisotopic (exact) mass is 116 g/mol. The van der Waals surface area contributed by atoms with E-state index in [2.05, 4.69) is 0 Å². The van der Waals surface area contributed by atoms with E-state index >= 15 is 0 Å². The first kappa shape index (κ1) is 5.56. The van der Waals surface area contributed by atoms with Crippen molar-refractivity contribution >= 4 is 5.97 Å². The lowest BCUT2D eigenvalue weighted by molar-refractivity contribution is -0.139. The molecule has 8 heavy (non-hydrogen) atoms. The molecular formula is C5H8O3. The predicted molar refractivity (Wildman–Crippen MR) is 26.3 cm³/mol. The van der Waals surface area contributed by atoms with Crippen LogP contribution in [0.25, 0.3) is 0 Å². The van der Waals surface area contributed by atoms with E-state index in [1.54, 1.807) is 0 Å². The summed E-state index contributed by atoms with van der Waals surface area (Å²) < 4.78 is 0. The average Bonchev–Trinajstić information content (AvgIpc) is 2.42. The van der Waals surface area contributed by atoms with Gasteiger partial charge < -0.3 is 10.2 Å². The van der Waals surface area contributed by atoms with Crippen molar-refractivity contribution in [2.75, 3.05) is 6.61 Å². The summed E-state index contributed by atoms with van der Waals surface area (Å²) in [6.07, 6.45) is 0.659. The normalized spacial score (nSPS) is 34.6. The van der Waals surface area contributed by atoms with Crippen LogP contribution in [-0.4, -0.2) is 22.8 Å². The van der Waals surface area contributed by atoms with Gasteiger partial charge in [-0.25, -0.2) is 0 Å². The standard InChI is InChI=1S/C5H8O3/c6-2-3-1-4(3)5(7)8/h3-4,6H,1-2H2,(H,7,8)/t3-,4?/m1/s1. The van der Waals surface area contributed by atoms with Gasteiger partial charge in [-0.1, -0.05) is 0 Å². The molecule has 1 aliphatic carbocycles.